The van der Waals surface area contributed by atoms with Gasteiger partial charge in [-0.3, -0.25) is 14.3 Å². The summed E-state index contributed by atoms with van der Waals surface area (Å²) in [6.07, 6.45) is 0. The average Bonchev–Trinajstić information content (AvgIpc) is 3.20. The van der Waals surface area contributed by atoms with Crippen LogP contribution in [0, 0.1) is 13.8 Å². The van der Waals surface area contributed by atoms with Crippen molar-refractivity contribution in [3.63, 3.8) is 0 Å². The fourth-order valence-corrected chi connectivity index (χ4v) is 6.17. The Hall–Kier alpha value is -4.54. The van der Waals surface area contributed by atoms with E-state index in [0.717, 1.165) is 27.8 Å². The van der Waals surface area contributed by atoms with E-state index in [-0.39, 0.29) is 15.5 Å². The SMILES string of the molecule is COc1ccc(N2C(=O)C(Nc3ccc(C)c(C)c3)=C(Sc3ccc(NS(=O)(=O)c4ccccc4)cc3)C2=O)cc1. The Morgan fingerprint density at radius 3 is 2.05 bits per heavy atom. The highest BCUT2D eigenvalue weighted by Gasteiger charge is 2.40. The molecule has 208 valence electrons. The number of hydrogen-bond donors (Lipinski definition) is 2. The quantitative estimate of drug-likeness (QED) is 0.229. The van der Waals surface area contributed by atoms with Crippen molar-refractivity contribution >= 4 is 50.7 Å². The molecule has 5 rings (SSSR count). The average molecular weight is 586 g/mol. The van der Waals surface area contributed by atoms with Gasteiger partial charge in [-0.25, -0.2) is 13.3 Å². The van der Waals surface area contributed by atoms with Gasteiger partial charge in [0.05, 0.1) is 17.7 Å². The Bertz CT molecular complexity index is 1750. The van der Waals surface area contributed by atoms with Crippen LogP contribution in [0.2, 0.25) is 0 Å². The van der Waals surface area contributed by atoms with Gasteiger partial charge in [-0.1, -0.05) is 36.0 Å². The minimum absolute atomic E-state index is 0.152. The van der Waals surface area contributed by atoms with Crippen molar-refractivity contribution in [2.75, 3.05) is 22.0 Å². The molecule has 0 radical (unpaired) electrons. The van der Waals surface area contributed by atoms with E-state index < -0.39 is 21.8 Å². The van der Waals surface area contributed by atoms with Crippen molar-refractivity contribution in [3.8, 4) is 5.75 Å². The first kappa shape index (κ1) is 28.0. The molecule has 0 saturated heterocycles. The lowest BCUT2D eigenvalue weighted by atomic mass is 10.1. The van der Waals surface area contributed by atoms with Gasteiger partial charge in [0.1, 0.15) is 16.4 Å². The van der Waals surface area contributed by atoms with Crippen molar-refractivity contribution < 1.29 is 22.7 Å². The summed E-state index contributed by atoms with van der Waals surface area (Å²) in [4.78, 5) is 29.5. The number of aryl methyl sites for hydroxylation is 2. The lowest BCUT2D eigenvalue weighted by Gasteiger charge is -2.16. The maximum absolute atomic E-state index is 13.7. The zero-order valence-electron chi connectivity index (χ0n) is 22.5. The van der Waals surface area contributed by atoms with Crippen LogP contribution in [0.1, 0.15) is 11.1 Å². The molecule has 0 spiro atoms. The number of methoxy groups -OCH3 is 1. The summed E-state index contributed by atoms with van der Waals surface area (Å²) in [6, 6.07) is 27.1. The number of hydrogen-bond acceptors (Lipinski definition) is 7. The van der Waals surface area contributed by atoms with Crippen molar-refractivity contribution in [1.82, 2.24) is 0 Å². The van der Waals surface area contributed by atoms with Crippen LogP contribution in [0.25, 0.3) is 0 Å². The van der Waals surface area contributed by atoms with Gasteiger partial charge in [0, 0.05) is 16.3 Å². The van der Waals surface area contributed by atoms with Gasteiger partial charge < -0.3 is 10.1 Å². The van der Waals surface area contributed by atoms with E-state index >= 15 is 0 Å². The largest absolute Gasteiger partial charge is 0.497 e. The van der Waals surface area contributed by atoms with Gasteiger partial charge in [0.25, 0.3) is 21.8 Å². The first-order valence-corrected chi connectivity index (χ1v) is 14.9. The molecular formula is C31H27N3O5S2. The minimum Gasteiger partial charge on any atom is -0.497 e. The fourth-order valence-electron chi connectivity index (χ4n) is 4.17. The van der Waals surface area contributed by atoms with E-state index in [1.54, 1.807) is 73.8 Å². The molecule has 8 nitrogen and oxygen atoms in total. The molecule has 4 aromatic rings. The molecule has 0 unspecified atom stereocenters. The molecule has 0 fully saturated rings. The Kier molecular flexibility index (Phi) is 7.87. The normalized spacial score (nSPS) is 13.5. The first-order valence-electron chi connectivity index (χ1n) is 12.6. The van der Waals surface area contributed by atoms with E-state index in [9.17, 15) is 18.0 Å². The van der Waals surface area contributed by atoms with Gasteiger partial charge in [-0.05, 0) is 97.8 Å². The lowest BCUT2D eigenvalue weighted by Crippen LogP contribution is -2.32. The third-order valence-electron chi connectivity index (χ3n) is 6.53. The fraction of sp³-hybridized carbons (Fsp3) is 0.0968. The number of thioether (sulfide) groups is 1. The highest BCUT2D eigenvalue weighted by atomic mass is 32.2. The van der Waals surface area contributed by atoms with Crippen LogP contribution >= 0.6 is 11.8 Å². The van der Waals surface area contributed by atoms with E-state index in [1.807, 2.05) is 32.0 Å². The monoisotopic (exact) mass is 585 g/mol. The number of amides is 2. The van der Waals surface area contributed by atoms with Crippen molar-refractivity contribution in [2.24, 2.45) is 0 Å². The molecule has 0 atom stereocenters. The van der Waals surface area contributed by atoms with Crippen LogP contribution in [0.5, 0.6) is 5.75 Å². The van der Waals surface area contributed by atoms with E-state index in [4.69, 9.17) is 4.74 Å². The molecule has 2 N–H and O–H groups in total. The second kappa shape index (κ2) is 11.5. The molecule has 1 aliphatic heterocycles. The topological polar surface area (TPSA) is 105 Å². The van der Waals surface area contributed by atoms with E-state index in [1.165, 1.54) is 12.1 Å². The maximum Gasteiger partial charge on any atom is 0.283 e. The molecule has 0 bridgehead atoms. The minimum atomic E-state index is -3.75. The number of ether oxygens (including phenoxy) is 1. The molecule has 1 aliphatic rings. The zero-order chi connectivity index (χ0) is 29.1. The smallest absolute Gasteiger partial charge is 0.283 e. The van der Waals surface area contributed by atoms with Crippen LogP contribution in [0.15, 0.2) is 117 Å². The van der Waals surface area contributed by atoms with Crippen LogP contribution in [0.3, 0.4) is 0 Å². The summed E-state index contributed by atoms with van der Waals surface area (Å²) in [7, 11) is -2.21. The summed E-state index contributed by atoms with van der Waals surface area (Å²) in [6.45, 7) is 3.97. The summed E-state index contributed by atoms with van der Waals surface area (Å²) in [5.74, 6) is -0.342. The van der Waals surface area contributed by atoms with Crippen molar-refractivity contribution in [2.45, 2.75) is 23.6 Å². The lowest BCUT2D eigenvalue weighted by molar-refractivity contribution is -0.120. The number of carbonyl (C=O) groups excluding carboxylic acids is 2. The summed E-state index contributed by atoms with van der Waals surface area (Å²) < 4.78 is 33.2. The van der Waals surface area contributed by atoms with E-state index in [2.05, 4.69) is 10.0 Å². The van der Waals surface area contributed by atoms with Crippen molar-refractivity contribution in [3.05, 3.63) is 119 Å². The Morgan fingerprint density at radius 2 is 1.41 bits per heavy atom. The molecule has 41 heavy (non-hydrogen) atoms. The number of nitrogens with one attached hydrogen (secondary N) is 2. The van der Waals surface area contributed by atoms with Crippen LogP contribution in [-0.4, -0.2) is 27.3 Å². The number of imide groups is 1. The second-order valence-corrected chi connectivity index (χ2v) is 12.1. The molecule has 0 saturated carbocycles. The third-order valence-corrected chi connectivity index (χ3v) is 9.02. The van der Waals surface area contributed by atoms with Gasteiger partial charge >= 0.3 is 0 Å². The van der Waals surface area contributed by atoms with Gasteiger partial charge in [0.15, 0.2) is 0 Å². The highest BCUT2D eigenvalue weighted by Crippen LogP contribution is 2.38. The third kappa shape index (κ3) is 5.98. The number of carbonyl (C=O) groups is 2. The summed E-state index contributed by atoms with van der Waals surface area (Å²) >= 11 is 1.13. The van der Waals surface area contributed by atoms with Crippen LogP contribution < -0.4 is 19.7 Å². The maximum atomic E-state index is 13.7. The molecule has 0 aromatic heterocycles. The number of benzene rings is 4. The predicted molar refractivity (Wildman–Crippen MR) is 162 cm³/mol. The number of rotatable bonds is 9. The number of nitrogens with zero attached hydrogens (tertiary/aromatic N) is 1. The Labute approximate surface area is 243 Å². The first-order chi connectivity index (χ1) is 19.7. The van der Waals surface area contributed by atoms with Gasteiger partial charge in [-0.2, -0.15) is 0 Å². The number of anilines is 3. The molecule has 1 heterocycles. The van der Waals surface area contributed by atoms with Gasteiger partial charge in [0.2, 0.25) is 0 Å². The van der Waals surface area contributed by atoms with E-state index in [0.29, 0.717) is 27.7 Å². The Balaban J connectivity index is 1.44. The Morgan fingerprint density at radius 1 is 0.756 bits per heavy atom. The van der Waals surface area contributed by atoms with Crippen molar-refractivity contribution in [1.29, 1.82) is 0 Å². The second-order valence-electron chi connectivity index (χ2n) is 9.32. The zero-order valence-corrected chi connectivity index (χ0v) is 24.2. The molecule has 10 heteroatoms. The predicted octanol–water partition coefficient (Wildman–Crippen LogP) is 6.10. The summed E-state index contributed by atoms with van der Waals surface area (Å²) in [5.41, 5.74) is 3.78. The molecule has 4 aromatic carbocycles. The molecule has 0 aliphatic carbocycles. The summed E-state index contributed by atoms with van der Waals surface area (Å²) in [5, 5.41) is 3.17. The number of sulfonamides is 1. The van der Waals surface area contributed by atoms with Crippen LogP contribution in [0.4, 0.5) is 17.1 Å². The molecular weight excluding hydrogens is 558 g/mol. The molecule has 2 amide bonds. The van der Waals surface area contributed by atoms with Crippen LogP contribution in [-0.2, 0) is 19.6 Å². The van der Waals surface area contributed by atoms with Gasteiger partial charge in [-0.15, -0.1) is 0 Å². The highest BCUT2D eigenvalue weighted by molar-refractivity contribution is 8.04. The standard InChI is InChI=1S/C31H27N3O5S2/c1-20-9-10-23(19-21(20)2)32-28-29(31(36)34(30(28)35)24-13-15-25(39-3)16-14-24)40-26-17-11-22(12-18-26)33-41(37,38)27-7-5-4-6-8-27/h4-19,32-33H,1-3H3.